The number of benzene rings is 2. The van der Waals surface area contributed by atoms with Gasteiger partial charge >= 0.3 is 0 Å². The molecule has 0 fully saturated rings. The van der Waals surface area contributed by atoms with Gasteiger partial charge in [0.1, 0.15) is 11.2 Å². The summed E-state index contributed by atoms with van der Waals surface area (Å²) in [6.45, 7) is 0.0260. The van der Waals surface area contributed by atoms with Gasteiger partial charge in [0.15, 0.2) is 0 Å². The zero-order valence-electron chi connectivity index (χ0n) is 12.9. The second-order valence-corrected chi connectivity index (χ2v) is 5.58. The number of phenolic OH excluding ortho intramolecular Hbond substituents is 1. The molecule has 0 saturated carbocycles. The van der Waals surface area contributed by atoms with Gasteiger partial charge in [0.2, 0.25) is 5.91 Å². The van der Waals surface area contributed by atoms with Crippen molar-refractivity contribution in [1.82, 2.24) is 10.2 Å². The highest BCUT2D eigenvalue weighted by molar-refractivity contribution is 5.91. The summed E-state index contributed by atoms with van der Waals surface area (Å²) in [5, 5.41) is 16.2. The van der Waals surface area contributed by atoms with Crippen LogP contribution in [0, 0.1) is 0 Å². The lowest BCUT2D eigenvalue weighted by Crippen LogP contribution is -2.48. The Kier molecular flexibility index (Phi) is 4.05. The molecule has 122 valence electrons. The van der Waals surface area contributed by atoms with Gasteiger partial charge < -0.3 is 16.6 Å². The lowest BCUT2D eigenvalue weighted by atomic mass is 9.73. The molecule has 24 heavy (non-hydrogen) atoms. The van der Waals surface area contributed by atoms with Crippen LogP contribution in [-0.4, -0.2) is 27.8 Å². The minimum Gasteiger partial charge on any atom is -0.508 e. The van der Waals surface area contributed by atoms with E-state index in [1.165, 1.54) is 12.1 Å². The molecule has 6 N–H and O–H groups in total. The van der Waals surface area contributed by atoms with Crippen molar-refractivity contribution in [2.75, 3.05) is 6.54 Å². The van der Waals surface area contributed by atoms with Crippen LogP contribution in [0.4, 0.5) is 0 Å². The fourth-order valence-electron chi connectivity index (χ4n) is 2.89. The highest BCUT2D eigenvalue weighted by Crippen LogP contribution is 2.33. The van der Waals surface area contributed by atoms with Gasteiger partial charge in [-0.05, 0) is 28.8 Å². The summed E-state index contributed by atoms with van der Waals surface area (Å²) in [6, 6.07) is 13.8. The standard InChI is InChI=1S/C18H18N4O2/c19-11-18(17(20)24,15-5-7-16(23)8-6-15)14-3-1-12(2-4-14)13-9-21-22-10-13/h1-10,23H,11,19H2,(H2,20,24)(H,21,22). The van der Waals surface area contributed by atoms with Crippen LogP contribution in [-0.2, 0) is 10.2 Å². The number of rotatable bonds is 5. The number of hydrogen-bond acceptors (Lipinski definition) is 4. The summed E-state index contributed by atoms with van der Waals surface area (Å²) in [5.74, 6) is -0.420. The van der Waals surface area contributed by atoms with Gasteiger partial charge in [-0.2, -0.15) is 5.10 Å². The van der Waals surface area contributed by atoms with Crippen LogP contribution >= 0.6 is 0 Å². The van der Waals surface area contributed by atoms with Crippen molar-refractivity contribution in [1.29, 1.82) is 0 Å². The molecule has 1 amide bonds. The lowest BCUT2D eigenvalue weighted by molar-refractivity contribution is -0.121. The Morgan fingerprint density at radius 1 is 1.04 bits per heavy atom. The number of hydrogen-bond donors (Lipinski definition) is 4. The van der Waals surface area contributed by atoms with Crippen molar-refractivity contribution in [3.63, 3.8) is 0 Å². The van der Waals surface area contributed by atoms with Gasteiger partial charge in [0, 0.05) is 18.3 Å². The minimum atomic E-state index is -1.15. The van der Waals surface area contributed by atoms with Crippen molar-refractivity contribution >= 4 is 5.91 Å². The maximum absolute atomic E-state index is 12.3. The van der Waals surface area contributed by atoms with Gasteiger partial charge in [0.05, 0.1) is 6.20 Å². The van der Waals surface area contributed by atoms with Crippen molar-refractivity contribution in [2.45, 2.75) is 5.41 Å². The number of phenols is 1. The van der Waals surface area contributed by atoms with Crippen LogP contribution in [0.15, 0.2) is 60.9 Å². The molecule has 2 aromatic carbocycles. The highest BCUT2D eigenvalue weighted by atomic mass is 16.3. The van der Waals surface area contributed by atoms with E-state index < -0.39 is 11.3 Å². The Labute approximate surface area is 139 Å². The Morgan fingerprint density at radius 2 is 1.62 bits per heavy atom. The van der Waals surface area contributed by atoms with E-state index in [-0.39, 0.29) is 12.3 Å². The smallest absolute Gasteiger partial charge is 0.233 e. The SMILES string of the molecule is NCC(C(N)=O)(c1ccc(O)cc1)c1ccc(-c2cn[nH]c2)cc1. The predicted octanol–water partition coefficient (Wildman–Crippen LogP) is 1.51. The summed E-state index contributed by atoms with van der Waals surface area (Å²) in [5.41, 5.74) is 13.8. The van der Waals surface area contributed by atoms with Crippen LogP contribution in [0.1, 0.15) is 11.1 Å². The molecule has 0 aliphatic rings. The van der Waals surface area contributed by atoms with Crippen molar-refractivity contribution in [2.24, 2.45) is 11.5 Å². The first-order valence-corrected chi connectivity index (χ1v) is 7.47. The van der Waals surface area contributed by atoms with Gasteiger partial charge in [-0.3, -0.25) is 9.89 Å². The second-order valence-electron chi connectivity index (χ2n) is 5.58. The van der Waals surface area contributed by atoms with Crippen molar-refractivity contribution in [3.05, 3.63) is 72.1 Å². The largest absolute Gasteiger partial charge is 0.508 e. The minimum absolute atomic E-state index is 0.0260. The molecule has 3 aromatic rings. The number of amides is 1. The molecular formula is C18H18N4O2. The van der Waals surface area contributed by atoms with Crippen LogP contribution in [0.2, 0.25) is 0 Å². The number of aromatic amines is 1. The monoisotopic (exact) mass is 322 g/mol. The fraction of sp³-hybridized carbons (Fsp3) is 0.111. The lowest BCUT2D eigenvalue weighted by Gasteiger charge is -2.30. The molecule has 6 heteroatoms. The first-order valence-electron chi connectivity index (χ1n) is 7.47. The number of H-pyrrole nitrogens is 1. The Hall–Kier alpha value is -3.12. The Bertz CT molecular complexity index is 826. The van der Waals surface area contributed by atoms with E-state index in [2.05, 4.69) is 10.2 Å². The van der Waals surface area contributed by atoms with E-state index in [1.807, 2.05) is 24.3 Å². The molecule has 1 atom stereocenters. The molecule has 0 radical (unpaired) electrons. The third-order valence-electron chi connectivity index (χ3n) is 4.30. The zero-order chi connectivity index (χ0) is 17.2. The van der Waals surface area contributed by atoms with Crippen LogP contribution in [0.25, 0.3) is 11.1 Å². The van der Waals surface area contributed by atoms with E-state index in [0.717, 1.165) is 11.1 Å². The molecule has 0 bridgehead atoms. The second kappa shape index (κ2) is 6.17. The van der Waals surface area contributed by atoms with E-state index in [0.29, 0.717) is 11.1 Å². The quantitative estimate of drug-likeness (QED) is 0.569. The van der Waals surface area contributed by atoms with Crippen LogP contribution in [0.5, 0.6) is 5.75 Å². The summed E-state index contributed by atoms with van der Waals surface area (Å²) >= 11 is 0. The first kappa shape index (κ1) is 15.8. The summed E-state index contributed by atoms with van der Waals surface area (Å²) in [4.78, 5) is 12.3. The Balaban J connectivity index is 2.09. The highest BCUT2D eigenvalue weighted by Gasteiger charge is 2.39. The predicted molar refractivity (Wildman–Crippen MR) is 91.2 cm³/mol. The number of primary amides is 1. The number of nitrogens with one attached hydrogen (secondary N) is 1. The fourth-order valence-corrected chi connectivity index (χ4v) is 2.89. The molecule has 1 unspecified atom stereocenters. The molecule has 6 nitrogen and oxygen atoms in total. The van der Waals surface area contributed by atoms with E-state index >= 15 is 0 Å². The number of carbonyl (C=O) groups is 1. The normalized spacial score (nSPS) is 13.4. The Morgan fingerprint density at radius 3 is 2.08 bits per heavy atom. The van der Waals surface area contributed by atoms with E-state index in [1.54, 1.807) is 24.5 Å². The molecule has 1 heterocycles. The maximum Gasteiger partial charge on any atom is 0.233 e. The maximum atomic E-state index is 12.3. The molecule has 0 aliphatic heterocycles. The molecule has 1 aromatic heterocycles. The number of nitrogens with two attached hydrogens (primary N) is 2. The topological polar surface area (TPSA) is 118 Å². The van der Waals surface area contributed by atoms with Gasteiger partial charge in [-0.15, -0.1) is 0 Å². The third-order valence-corrected chi connectivity index (χ3v) is 4.30. The average molecular weight is 322 g/mol. The number of nitrogens with zero attached hydrogens (tertiary/aromatic N) is 1. The van der Waals surface area contributed by atoms with Gasteiger partial charge in [-0.1, -0.05) is 36.4 Å². The number of carbonyl (C=O) groups excluding carboxylic acids is 1. The summed E-state index contributed by atoms with van der Waals surface area (Å²) in [7, 11) is 0. The third kappa shape index (κ3) is 2.53. The molecule has 0 saturated heterocycles. The van der Waals surface area contributed by atoms with Gasteiger partial charge in [0.25, 0.3) is 0 Å². The van der Waals surface area contributed by atoms with Crippen molar-refractivity contribution < 1.29 is 9.90 Å². The number of aromatic hydroxyl groups is 1. The molecule has 0 spiro atoms. The van der Waals surface area contributed by atoms with Crippen molar-refractivity contribution in [3.8, 4) is 16.9 Å². The van der Waals surface area contributed by atoms with Crippen LogP contribution < -0.4 is 11.5 Å². The molecular weight excluding hydrogens is 304 g/mol. The summed E-state index contributed by atoms with van der Waals surface area (Å²) < 4.78 is 0. The molecule has 0 aliphatic carbocycles. The van der Waals surface area contributed by atoms with E-state index in [4.69, 9.17) is 11.5 Å². The first-order chi connectivity index (χ1) is 11.6. The number of aromatic nitrogens is 2. The zero-order valence-corrected chi connectivity index (χ0v) is 12.9. The average Bonchev–Trinajstić information content (AvgIpc) is 3.12. The summed E-state index contributed by atoms with van der Waals surface area (Å²) in [6.07, 6.45) is 3.51. The van der Waals surface area contributed by atoms with Gasteiger partial charge in [-0.25, -0.2) is 0 Å². The van der Waals surface area contributed by atoms with E-state index in [9.17, 15) is 9.90 Å². The van der Waals surface area contributed by atoms with Crippen LogP contribution in [0.3, 0.4) is 0 Å². The molecule has 3 rings (SSSR count).